The smallest absolute Gasteiger partial charge is 0.449 e. The Kier molecular flexibility index (Phi) is 5.29. The molecular formula is C22H25N3O5S. The van der Waals surface area contributed by atoms with E-state index >= 15 is 0 Å². The first-order valence-corrected chi connectivity index (χ1v) is 11.7. The van der Waals surface area contributed by atoms with E-state index in [-0.39, 0.29) is 17.7 Å². The lowest BCUT2D eigenvalue weighted by Crippen LogP contribution is -2.34. The van der Waals surface area contributed by atoms with Crippen molar-refractivity contribution in [3.63, 3.8) is 0 Å². The van der Waals surface area contributed by atoms with Crippen LogP contribution in [0.2, 0.25) is 0 Å². The van der Waals surface area contributed by atoms with E-state index in [9.17, 15) is 14.7 Å². The summed E-state index contributed by atoms with van der Waals surface area (Å²) in [4.78, 5) is 30.4. The van der Waals surface area contributed by atoms with Gasteiger partial charge in [-0.25, -0.2) is 4.79 Å². The van der Waals surface area contributed by atoms with E-state index in [0.717, 1.165) is 56.9 Å². The third-order valence-electron chi connectivity index (χ3n) is 6.60. The molecule has 2 aromatic rings. The standard InChI is InChI=1S/C22H25N3O5S/c1-11-23-20(30-25-11)17-14-5-3-2-4-6-15(14)31-21(17)24-19(26)16-12-7-9-13(10-8-12)18(16)29-22(27)28/h12-13H,2-10H2,1H3,(H,24,26)(H,27,28). The van der Waals surface area contributed by atoms with Crippen molar-refractivity contribution in [1.82, 2.24) is 10.1 Å². The van der Waals surface area contributed by atoms with Crippen LogP contribution in [0.1, 0.15) is 61.2 Å². The number of nitrogens with zero attached hydrogens (tertiary/aromatic N) is 2. The number of thiophene rings is 1. The third kappa shape index (κ3) is 3.75. The van der Waals surface area contributed by atoms with Crippen molar-refractivity contribution < 1.29 is 24.0 Å². The maximum atomic E-state index is 13.4. The molecule has 2 aromatic heterocycles. The van der Waals surface area contributed by atoms with Gasteiger partial charge in [0.1, 0.15) is 10.8 Å². The molecule has 0 spiro atoms. The average Bonchev–Trinajstić information content (AvgIpc) is 3.23. The second-order valence-electron chi connectivity index (χ2n) is 8.56. The summed E-state index contributed by atoms with van der Waals surface area (Å²) in [5.41, 5.74) is 2.49. The molecule has 0 aromatic carbocycles. The van der Waals surface area contributed by atoms with Gasteiger partial charge in [0, 0.05) is 10.8 Å². The third-order valence-corrected chi connectivity index (χ3v) is 7.81. The summed E-state index contributed by atoms with van der Waals surface area (Å²) in [6, 6.07) is 0. The lowest BCUT2D eigenvalue weighted by molar-refractivity contribution is -0.114. The van der Waals surface area contributed by atoms with Crippen LogP contribution in [0.4, 0.5) is 9.80 Å². The van der Waals surface area contributed by atoms with Crippen molar-refractivity contribution in [3.05, 3.63) is 27.6 Å². The van der Waals surface area contributed by atoms with Crippen LogP contribution in [-0.2, 0) is 22.4 Å². The molecule has 8 nitrogen and oxygen atoms in total. The zero-order chi connectivity index (χ0) is 21.5. The molecule has 0 aliphatic heterocycles. The largest absolute Gasteiger partial charge is 0.511 e. The maximum absolute atomic E-state index is 13.4. The lowest BCUT2D eigenvalue weighted by atomic mass is 9.70. The van der Waals surface area contributed by atoms with Crippen LogP contribution in [0.15, 0.2) is 15.9 Å². The van der Waals surface area contributed by atoms with Gasteiger partial charge in [-0.2, -0.15) is 4.98 Å². The van der Waals surface area contributed by atoms with Crippen molar-refractivity contribution in [3.8, 4) is 11.5 Å². The van der Waals surface area contributed by atoms with Gasteiger partial charge in [-0.3, -0.25) is 4.79 Å². The lowest BCUT2D eigenvalue weighted by Gasteiger charge is -2.37. The number of ether oxygens (including phenoxy) is 1. The SMILES string of the molecule is Cc1noc(-c2c(NC(=O)C3=C(OC(=O)O)C4CCC3CC4)sc3c2CCCCC3)n1. The van der Waals surface area contributed by atoms with E-state index in [1.807, 2.05) is 0 Å². The minimum absolute atomic E-state index is 0.0000333. The Morgan fingerprint density at radius 2 is 1.87 bits per heavy atom. The first kappa shape index (κ1) is 20.2. The van der Waals surface area contributed by atoms with Gasteiger partial charge < -0.3 is 19.7 Å². The number of fused-ring (bicyclic) bond motifs is 3. The number of carbonyl (C=O) groups is 2. The van der Waals surface area contributed by atoms with Crippen LogP contribution in [0.5, 0.6) is 0 Å². The Morgan fingerprint density at radius 3 is 2.58 bits per heavy atom. The molecule has 1 amide bonds. The monoisotopic (exact) mass is 443 g/mol. The van der Waals surface area contributed by atoms with Crippen LogP contribution in [0.25, 0.3) is 11.5 Å². The van der Waals surface area contributed by atoms with Crippen LogP contribution in [0.3, 0.4) is 0 Å². The Bertz CT molecular complexity index is 1060. The summed E-state index contributed by atoms with van der Waals surface area (Å²) >= 11 is 1.57. The predicted octanol–water partition coefficient (Wildman–Crippen LogP) is 5.08. The second-order valence-corrected chi connectivity index (χ2v) is 9.67. The molecule has 0 unspecified atom stereocenters. The van der Waals surface area contributed by atoms with E-state index < -0.39 is 6.16 Å². The predicted molar refractivity (Wildman–Crippen MR) is 114 cm³/mol. The molecule has 2 N–H and O–H groups in total. The Balaban J connectivity index is 1.54. The van der Waals surface area contributed by atoms with Gasteiger partial charge in [0.2, 0.25) is 0 Å². The van der Waals surface area contributed by atoms with Crippen LogP contribution < -0.4 is 5.32 Å². The van der Waals surface area contributed by atoms with Crippen LogP contribution in [0, 0.1) is 18.8 Å². The summed E-state index contributed by atoms with van der Waals surface area (Å²) in [7, 11) is 0. The molecule has 6 rings (SSSR count). The summed E-state index contributed by atoms with van der Waals surface area (Å²) in [6.07, 6.45) is 7.41. The highest BCUT2D eigenvalue weighted by molar-refractivity contribution is 7.17. The van der Waals surface area contributed by atoms with Gasteiger partial charge in [0.05, 0.1) is 11.1 Å². The van der Waals surface area contributed by atoms with Gasteiger partial charge in [-0.15, -0.1) is 11.3 Å². The molecule has 31 heavy (non-hydrogen) atoms. The summed E-state index contributed by atoms with van der Waals surface area (Å²) < 4.78 is 10.6. The minimum atomic E-state index is -1.36. The van der Waals surface area contributed by atoms with Crippen LogP contribution >= 0.6 is 11.3 Å². The molecule has 0 radical (unpaired) electrons. The molecule has 2 bridgehead atoms. The number of anilines is 1. The topological polar surface area (TPSA) is 115 Å². The normalized spacial score (nSPS) is 22.7. The Morgan fingerprint density at radius 1 is 1.13 bits per heavy atom. The summed E-state index contributed by atoms with van der Waals surface area (Å²) in [6.45, 7) is 1.77. The number of nitrogens with one attached hydrogen (secondary N) is 1. The molecule has 1 fully saturated rings. The van der Waals surface area contributed by atoms with Crippen molar-refractivity contribution in [1.29, 1.82) is 0 Å². The molecule has 0 atom stereocenters. The number of aromatic nitrogens is 2. The number of hydrogen-bond acceptors (Lipinski definition) is 7. The summed E-state index contributed by atoms with van der Waals surface area (Å²) in [5.74, 6) is 1.06. The van der Waals surface area contributed by atoms with E-state index in [1.54, 1.807) is 18.3 Å². The van der Waals surface area contributed by atoms with Crippen LogP contribution in [-0.4, -0.2) is 27.3 Å². The zero-order valence-electron chi connectivity index (χ0n) is 17.4. The Labute approximate surface area is 183 Å². The highest BCUT2D eigenvalue weighted by Crippen LogP contribution is 2.47. The number of allylic oxidation sites excluding steroid dienone is 1. The Hall–Kier alpha value is -2.68. The van der Waals surface area contributed by atoms with E-state index in [0.29, 0.717) is 28.0 Å². The first-order valence-electron chi connectivity index (χ1n) is 10.9. The van der Waals surface area contributed by atoms with Crippen molar-refractivity contribution in [2.45, 2.75) is 64.7 Å². The highest BCUT2D eigenvalue weighted by atomic mass is 32.1. The second kappa shape index (κ2) is 8.11. The molecule has 0 saturated heterocycles. The molecule has 2 heterocycles. The zero-order valence-corrected chi connectivity index (χ0v) is 18.2. The quantitative estimate of drug-likeness (QED) is 0.500. The number of amides is 1. The van der Waals surface area contributed by atoms with Gasteiger partial charge in [0.15, 0.2) is 5.82 Å². The van der Waals surface area contributed by atoms with Gasteiger partial charge in [0.25, 0.3) is 11.8 Å². The number of aryl methyl sites for hydroxylation is 2. The fraction of sp³-hybridized carbons (Fsp3) is 0.545. The molecule has 164 valence electrons. The van der Waals surface area contributed by atoms with Gasteiger partial charge in [-0.1, -0.05) is 11.6 Å². The van der Waals surface area contributed by atoms with Crippen molar-refractivity contribution >= 4 is 28.4 Å². The van der Waals surface area contributed by atoms with E-state index in [4.69, 9.17) is 9.26 Å². The molecule has 9 heteroatoms. The summed E-state index contributed by atoms with van der Waals surface area (Å²) in [5, 5.41) is 16.9. The number of carboxylic acid groups (broad SMARTS) is 1. The minimum Gasteiger partial charge on any atom is -0.449 e. The average molecular weight is 444 g/mol. The number of hydrogen-bond donors (Lipinski definition) is 2. The highest BCUT2D eigenvalue weighted by Gasteiger charge is 2.41. The van der Waals surface area contributed by atoms with Crippen molar-refractivity contribution in [2.75, 3.05) is 5.32 Å². The maximum Gasteiger partial charge on any atom is 0.511 e. The van der Waals surface area contributed by atoms with E-state index in [2.05, 4.69) is 15.5 Å². The molecular weight excluding hydrogens is 418 g/mol. The first-order chi connectivity index (χ1) is 15.0. The number of rotatable bonds is 4. The fourth-order valence-electron chi connectivity index (χ4n) is 5.22. The van der Waals surface area contributed by atoms with Gasteiger partial charge in [-0.05, 0) is 69.8 Å². The fourth-order valence-corrected chi connectivity index (χ4v) is 6.50. The van der Waals surface area contributed by atoms with Gasteiger partial charge >= 0.3 is 6.16 Å². The molecule has 1 saturated carbocycles. The van der Waals surface area contributed by atoms with Crippen molar-refractivity contribution in [2.24, 2.45) is 11.8 Å². The van der Waals surface area contributed by atoms with E-state index in [1.165, 1.54) is 16.9 Å². The molecule has 4 aliphatic rings. The molecule has 4 aliphatic carbocycles. The number of carbonyl (C=O) groups excluding carboxylic acids is 1.